The van der Waals surface area contributed by atoms with Gasteiger partial charge in [-0.3, -0.25) is 14.5 Å². The number of aliphatic hydroxyl groups is 1. The number of anilines is 1. The van der Waals surface area contributed by atoms with Crippen molar-refractivity contribution in [2.24, 2.45) is 0 Å². The molecule has 1 heterocycles. The van der Waals surface area contributed by atoms with Crippen LogP contribution in [0.4, 0.5) is 5.69 Å². The minimum absolute atomic E-state index is 0.0194. The van der Waals surface area contributed by atoms with Crippen LogP contribution < -0.4 is 14.4 Å². The first-order valence-corrected chi connectivity index (χ1v) is 11.7. The van der Waals surface area contributed by atoms with Gasteiger partial charge in [0.25, 0.3) is 11.7 Å². The van der Waals surface area contributed by atoms with Gasteiger partial charge < -0.3 is 14.6 Å². The first-order chi connectivity index (χ1) is 16.8. The van der Waals surface area contributed by atoms with Gasteiger partial charge in [0, 0.05) is 11.3 Å². The summed E-state index contributed by atoms with van der Waals surface area (Å²) in [7, 11) is 0. The summed E-state index contributed by atoms with van der Waals surface area (Å²) < 4.78 is 11.4. The van der Waals surface area contributed by atoms with E-state index < -0.39 is 17.7 Å². The maximum Gasteiger partial charge on any atom is 0.300 e. The third-order valence-electron chi connectivity index (χ3n) is 5.72. The summed E-state index contributed by atoms with van der Waals surface area (Å²) in [6.07, 6.45) is -0.0548. The normalized spacial score (nSPS) is 17.2. The molecule has 3 aromatic carbocycles. The van der Waals surface area contributed by atoms with Gasteiger partial charge in [0.05, 0.1) is 24.3 Å². The average Bonchev–Trinajstić information content (AvgIpc) is 3.10. The zero-order valence-corrected chi connectivity index (χ0v) is 20.3. The molecule has 0 spiro atoms. The van der Waals surface area contributed by atoms with Gasteiger partial charge in [0.15, 0.2) is 0 Å². The molecule has 1 aliphatic heterocycles. The van der Waals surface area contributed by atoms with Crippen LogP contribution in [0.3, 0.4) is 0 Å². The molecule has 1 saturated heterocycles. The molecule has 1 amide bonds. The molecule has 3 aromatic rings. The lowest BCUT2D eigenvalue weighted by atomic mass is 9.95. The summed E-state index contributed by atoms with van der Waals surface area (Å²) in [4.78, 5) is 28.1. The monoisotopic (exact) mass is 471 g/mol. The number of carbonyl (C=O) groups is 2. The molecule has 1 N–H and O–H groups in total. The fourth-order valence-corrected chi connectivity index (χ4v) is 4.21. The van der Waals surface area contributed by atoms with Crippen molar-refractivity contribution in [2.45, 2.75) is 39.8 Å². The minimum Gasteiger partial charge on any atom is -0.507 e. The number of aryl methyl sites for hydroxylation is 1. The molecule has 0 aromatic heterocycles. The zero-order valence-electron chi connectivity index (χ0n) is 20.3. The molecule has 1 unspecified atom stereocenters. The van der Waals surface area contributed by atoms with E-state index in [1.807, 2.05) is 58.0 Å². The van der Waals surface area contributed by atoms with Crippen LogP contribution in [0, 0.1) is 6.92 Å². The molecular weight excluding hydrogens is 442 g/mol. The maximum absolute atomic E-state index is 13.4. The second-order valence-electron chi connectivity index (χ2n) is 8.70. The summed E-state index contributed by atoms with van der Waals surface area (Å²) >= 11 is 0. The smallest absolute Gasteiger partial charge is 0.300 e. The SMILES string of the molecule is CCOc1cccc(C2/C(=C(/O)c3cccc(OC(C)C)c3)C(=O)C(=O)N2c2ccc(C)cc2)c1. The number of hydrogen-bond acceptors (Lipinski definition) is 5. The Kier molecular flexibility index (Phi) is 6.92. The number of aliphatic hydroxyl groups excluding tert-OH is 1. The van der Waals surface area contributed by atoms with E-state index in [-0.39, 0.29) is 17.4 Å². The van der Waals surface area contributed by atoms with Gasteiger partial charge in [0.2, 0.25) is 0 Å². The predicted octanol–water partition coefficient (Wildman–Crippen LogP) is 5.81. The molecule has 1 atom stereocenters. The predicted molar refractivity (Wildman–Crippen MR) is 136 cm³/mol. The average molecular weight is 472 g/mol. The largest absolute Gasteiger partial charge is 0.507 e. The number of ether oxygens (including phenoxy) is 2. The number of amides is 1. The molecule has 0 saturated carbocycles. The van der Waals surface area contributed by atoms with Crippen LogP contribution >= 0.6 is 0 Å². The molecular formula is C29H29NO5. The Labute approximate surface area is 205 Å². The van der Waals surface area contributed by atoms with Gasteiger partial charge in [-0.2, -0.15) is 0 Å². The van der Waals surface area contributed by atoms with E-state index in [1.54, 1.807) is 42.5 Å². The van der Waals surface area contributed by atoms with Crippen molar-refractivity contribution in [3.8, 4) is 11.5 Å². The van der Waals surface area contributed by atoms with E-state index in [1.165, 1.54) is 4.90 Å². The van der Waals surface area contributed by atoms with Crippen LogP contribution in [0.25, 0.3) is 5.76 Å². The van der Waals surface area contributed by atoms with Gasteiger partial charge in [-0.15, -0.1) is 0 Å². The van der Waals surface area contributed by atoms with Crippen molar-refractivity contribution in [2.75, 3.05) is 11.5 Å². The summed E-state index contributed by atoms with van der Waals surface area (Å²) in [5.41, 5.74) is 2.68. The molecule has 0 aliphatic carbocycles. The quantitative estimate of drug-likeness (QED) is 0.267. The molecule has 6 nitrogen and oxygen atoms in total. The van der Waals surface area contributed by atoms with Gasteiger partial charge in [-0.1, -0.05) is 42.0 Å². The Hall–Kier alpha value is -4.06. The third-order valence-corrected chi connectivity index (χ3v) is 5.72. The maximum atomic E-state index is 13.4. The van der Waals surface area contributed by atoms with Crippen molar-refractivity contribution in [3.05, 3.63) is 95.1 Å². The summed E-state index contributed by atoms with van der Waals surface area (Å²) in [6, 6.07) is 20.7. The highest BCUT2D eigenvalue weighted by Crippen LogP contribution is 2.43. The van der Waals surface area contributed by atoms with Crippen molar-refractivity contribution in [3.63, 3.8) is 0 Å². The molecule has 0 radical (unpaired) electrons. The zero-order chi connectivity index (χ0) is 25.1. The van der Waals surface area contributed by atoms with E-state index in [4.69, 9.17) is 9.47 Å². The Morgan fingerprint density at radius 2 is 1.66 bits per heavy atom. The summed E-state index contributed by atoms with van der Waals surface area (Å²) in [6.45, 7) is 8.13. The van der Waals surface area contributed by atoms with E-state index in [9.17, 15) is 14.7 Å². The molecule has 1 aliphatic rings. The number of carbonyl (C=O) groups excluding carboxylic acids is 2. The highest BCUT2D eigenvalue weighted by atomic mass is 16.5. The van der Waals surface area contributed by atoms with Crippen LogP contribution in [0.5, 0.6) is 11.5 Å². The van der Waals surface area contributed by atoms with Crippen molar-refractivity contribution in [1.82, 2.24) is 0 Å². The molecule has 4 rings (SSSR count). The van der Waals surface area contributed by atoms with Crippen LogP contribution in [0.15, 0.2) is 78.4 Å². The second-order valence-corrected chi connectivity index (χ2v) is 8.70. The molecule has 0 bridgehead atoms. The summed E-state index contributed by atoms with van der Waals surface area (Å²) in [5.74, 6) is -0.514. The lowest BCUT2D eigenvalue weighted by molar-refractivity contribution is -0.132. The first kappa shape index (κ1) is 24.1. The number of benzene rings is 3. The Morgan fingerprint density at radius 1 is 0.971 bits per heavy atom. The van der Waals surface area contributed by atoms with Gasteiger partial charge >= 0.3 is 0 Å². The van der Waals surface area contributed by atoms with Crippen LogP contribution in [0.1, 0.15) is 43.5 Å². The lowest BCUT2D eigenvalue weighted by Gasteiger charge is -2.26. The van der Waals surface area contributed by atoms with E-state index in [2.05, 4.69) is 0 Å². The Bertz CT molecular complexity index is 1280. The standard InChI is InChI=1S/C29H29NO5/c1-5-34-23-10-6-8-20(16-23)26-25(27(31)21-9-7-11-24(17-21)35-18(2)3)28(32)29(33)30(26)22-14-12-19(4)13-15-22/h6-18,26,31H,5H2,1-4H3/b27-25-. The van der Waals surface area contributed by atoms with Gasteiger partial charge in [-0.05, 0) is 69.7 Å². The van der Waals surface area contributed by atoms with Crippen molar-refractivity contribution < 1.29 is 24.2 Å². The van der Waals surface area contributed by atoms with Crippen LogP contribution in [-0.2, 0) is 9.59 Å². The lowest BCUT2D eigenvalue weighted by Crippen LogP contribution is -2.29. The van der Waals surface area contributed by atoms with Gasteiger partial charge in [-0.25, -0.2) is 0 Å². The fourth-order valence-electron chi connectivity index (χ4n) is 4.21. The fraction of sp³-hybridized carbons (Fsp3) is 0.241. The second kappa shape index (κ2) is 10.1. The third kappa shape index (κ3) is 4.92. The molecule has 180 valence electrons. The molecule has 6 heteroatoms. The number of hydrogen-bond donors (Lipinski definition) is 1. The van der Waals surface area contributed by atoms with E-state index in [0.717, 1.165) is 5.56 Å². The van der Waals surface area contributed by atoms with Crippen LogP contribution in [0.2, 0.25) is 0 Å². The minimum atomic E-state index is -0.826. The highest BCUT2D eigenvalue weighted by Gasteiger charge is 2.47. The number of Topliss-reactive ketones (excluding diaryl/α,β-unsaturated/α-hetero) is 1. The van der Waals surface area contributed by atoms with Gasteiger partial charge in [0.1, 0.15) is 17.3 Å². The first-order valence-electron chi connectivity index (χ1n) is 11.7. The Morgan fingerprint density at radius 3 is 2.34 bits per heavy atom. The number of nitrogens with zero attached hydrogens (tertiary/aromatic N) is 1. The van der Waals surface area contributed by atoms with E-state index >= 15 is 0 Å². The van der Waals surface area contributed by atoms with E-state index in [0.29, 0.717) is 34.9 Å². The number of rotatable bonds is 7. The van der Waals surface area contributed by atoms with Crippen molar-refractivity contribution in [1.29, 1.82) is 0 Å². The molecule has 1 fully saturated rings. The number of ketones is 1. The van der Waals surface area contributed by atoms with Crippen LogP contribution in [-0.4, -0.2) is 29.5 Å². The molecule has 35 heavy (non-hydrogen) atoms. The topological polar surface area (TPSA) is 76.1 Å². The highest BCUT2D eigenvalue weighted by molar-refractivity contribution is 6.51. The van der Waals surface area contributed by atoms with Crippen molar-refractivity contribution >= 4 is 23.1 Å². The summed E-state index contributed by atoms with van der Waals surface area (Å²) in [5, 5.41) is 11.4. The Balaban J connectivity index is 1.90.